The highest BCUT2D eigenvalue weighted by Gasteiger charge is 2.40. The topological polar surface area (TPSA) is 32.7 Å². The maximum atomic E-state index is 10.4. The zero-order valence-electron chi connectivity index (χ0n) is 11.6. The predicted molar refractivity (Wildman–Crippen MR) is 75.4 cm³/mol. The molecule has 0 saturated carbocycles. The van der Waals surface area contributed by atoms with E-state index in [2.05, 4.69) is 17.0 Å². The van der Waals surface area contributed by atoms with Gasteiger partial charge in [-0.3, -0.25) is 4.90 Å². The first-order valence-electron chi connectivity index (χ1n) is 7.42. The highest BCUT2D eigenvalue weighted by molar-refractivity contribution is 5.28. The normalized spacial score (nSPS) is 33.4. The minimum absolute atomic E-state index is 0.144. The van der Waals surface area contributed by atoms with Crippen LogP contribution in [0.15, 0.2) is 24.3 Å². The van der Waals surface area contributed by atoms with E-state index in [0.717, 1.165) is 25.3 Å². The van der Waals surface area contributed by atoms with Gasteiger partial charge in [0.15, 0.2) is 0 Å². The molecule has 0 radical (unpaired) electrons. The Morgan fingerprint density at radius 3 is 2.47 bits per heavy atom. The van der Waals surface area contributed by atoms with Crippen LogP contribution in [0.4, 0.5) is 0 Å². The first-order chi connectivity index (χ1) is 9.28. The fourth-order valence-corrected chi connectivity index (χ4v) is 3.50. The summed E-state index contributed by atoms with van der Waals surface area (Å²) in [4.78, 5) is 2.46. The number of fused-ring (bicyclic) bond motifs is 3. The molecule has 0 spiro atoms. The predicted octanol–water partition coefficient (Wildman–Crippen LogP) is 2.08. The van der Waals surface area contributed by atoms with Crippen molar-refractivity contribution in [1.29, 1.82) is 0 Å². The maximum absolute atomic E-state index is 10.4. The summed E-state index contributed by atoms with van der Waals surface area (Å²) < 4.78 is 5.46. The van der Waals surface area contributed by atoms with Crippen molar-refractivity contribution in [2.45, 2.75) is 38.3 Å². The van der Waals surface area contributed by atoms with Crippen LogP contribution in [0.1, 0.15) is 25.3 Å². The van der Waals surface area contributed by atoms with Crippen molar-refractivity contribution >= 4 is 0 Å². The van der Waals surface area contributed by atoms with Crippen molar-refractivity contribution in [3.63, 3.8) is 0 Å². The summed E-state index contributed by atoms with van der Waals surface area (Å²) in [6.07, 6.45) is 3.14. The van der Waals surface area contributed by atoms with Crippen molar-refractivity contribution in [2.24, 2.45) is 5.92 Å². The van der Waals surface area contributed by atoms with E-state index >= 15 is 0 Å². The van der Waals surface area contributed by atoms with Gasteiger partial charge in [-0.2, -0.15) is 0 Å². The number of rotatable bonds is 4. The lowest BCUT2D eigenvalue weighted by Crippen LogP contribution is -2.58. The van der Waals surface area contributed by atoms with Crippen LogP contribution in [-0.2, 0) is 6.42 Å². The Labute approximate surface area is 115 Å². The minimum Gasteiger partial charge on any atom is -0.494 e. The van der Waals surface area contributed by atoms with Crippen molar-refractivity contribution in [3.8, 4) is 5.75 Å². The second-order valence-electron chi connectivity index (χ2n) is 5.71. The molecule has 1 N–H and O–H groups in total. The SMILES string of the molecule is CCOc1ccc(CC2C(O)C3CCN2CC3)cc1. The van der Waals surface area contributed by atoms with Crippen molar-refractivity contribution in [3.05, 3.63) is 29.8 Å². The lowest BCUT2D eigenvalue weighted by Gasteiger charge is -2.49. The molecule has 2 atom stereocenters. The summed E-state index contributed by atoms with van der Waals surface area (Å²) in [5, 5.41) is 10.4. The van der Waals surface area contributed by atoms with E-state index in [1.165, 1.54) is 18.4 Å². The van der Waals surface area contributed by atoms with E-state index in [0.29, 0.717) is 18.6 Å². The van der Waals surface area contributed by atoms with Gasteiger partial charge >= 0.3 is 0 Å². The average molecular weight is 261 g/mol. The molecule has 3 aliphatic rings. The van der Waals surface area contributed by atoms with Gasteiger partial charge in [0.1, 0.15) is 5.75 Å². The number of ether oxygens (including phenoxy) is 1. The van der Waals surface area contributed by atoms with E-state index in [1.807, 2.05) is 19.1 Å². The summed E-state index contributed by atoms with van der Waals surface area (Å²) in [7, 11) is 0. The molecule has 2 unspecified atom stereocenters. The van der Waals surface area contributed by atoms with Gasteiger partial charge in [-0.1, -0.05) is 12.1 Å². The molecular formula is C16H23NO2. The summed E-state index contributed by atoms with van der Waals surface area (Å²) in [5.41, 5.74) is 1.29. The second-order valence-corrected chi connectivity index (χ2v) is 5.71. The molecule has 3 heteroatoms. The Morgan fingerprint density at radius 1 is 1.21 bits per heavy atom. The highest BCUT2D eigenvalue weighted by Crippen LogP contribution is 2.33. The van der Waals surface area contributed by atoms with Crippen LogP contribution in [-0.4, -0.2) is 41.8 Å². The minimum atomic E-state index is -0.144. The molecule has 3 heterocycles. The van der Waals surface area contributed by atoms with Gasteiger partial charge in [-0.05, 0) is 62.9 Å². The van der Waals surface area contributed by atoms with E-state index in [4.69, 9.17) is 4.74 Å². The van der Waals surface area contributed by atoms with Gasteiger partial charge in [0.25, 0.3) is 0 Å². The molecule has 3 fully saturated rings. The van der Waals surface area contributed by atoms with Crippen molar-refractivity contribution in [2.75, 3.05) is 19.7 Å². The van der Waals surface area contributed by atoms with Gasteiger partial charge in [-0.15, -0.1) is 0 Å². The standard InChI is InChI=1S/C16H23NO2/c1-2-19-14-5-3-12(4-6-14)11-15-16(18)13-7-9-17(15)10-8-13/h3-6,13,15-16,18H,2,7-11H2,1H3. The van der Waals surface area contributed by atoms with Gasteiger partial charge in [-0.25, -0.2) is 0 Å². The van der Waals surface area contributed by atoms with E-state index in [1.54, 1.807) is 0 Å². The van der Waals surface area contributed by atoms with Crippen LogP contribution in [0.5, 0.6) is 5.75 Å². The molecule has 0 aromatic heterocycles. The molecule has 1 aromatic rings. The van der Waals surface area contributed by atoms with E-state index in [-0.39, 0.29) is 6.10 Å². The summed E-state index contributed by atoms with van der Waals surface area (Å²) in [6.45, 7) is 5.01. The number of hydrogen-bond donors (Lipinski definition) is 1. The van der Waals surface area contributed by atoms with Gasteiger partial charge in [0, 0.05) is 6.04 Å². The third-order valence-corrected chi connectivity index (χ3v) is 4.60. The number of piperidine rings is 3. The molecule has 0 aliphatic carbocycles. The second kappa shape index (κ2) is 5.51. The first-order valence-corrected chi connectivity index (χ1v) is 7.42. The monoisotopic (exact) mass is 261 g/mol. The van der Waals surface area contributed by atoms with Crippen LogP contribution < -0.4 is 4.74 Å². The zero-order valence-corrected chi connectivity index (χ0v) is 11.6. The molecule has 2 bridgehead atoms. The van der Waals surface area contributed by atoms with Crippen LogP contribution in [0.3, 0.4) is 0 Å². The van der Waals surface area contributed by atoms with Gasteiger partial charge in [0.05, 0.1) is 12.7 Å². The molecule has 104 valence electrons. The van der Waals surface area contributed by atoms with Crippen molar-refractivity contribution < 1.29 is 9.84 Å². The Hall–Kier alpha value is -1.06. The number of benzene rings is 1. The van der Waals surface area contributed by atoms with E-state index < -0.39 is 0 Å². The molecule has 3 saturated heterocycles. The molecular weight excluding hydrogens is 238 g/mol. The summed E-state index contributed by atoms with van der Waals surface area (Å²) in [6, 6.07) is 8.62. The van der Waals surface area contributed by atoms with E-state index in [9.17, 15) is 5.11 Å². The molecule has 4 rings (SSSR count). The average Bonchev–Trinajstić information content (AvgIpc) is 2.45. The molecule has 19 heavy (non-hydrogen) atoms. The first kappa shape index (κ1) is 12.9. The zero-order chi connectivity index (χ0) is 13.2. The smallest absolute Gasteiger partial charge is 0.119 e. The Morgan fingerprint density at radius 2 is 1.89 bits per heavy atom. The van der Waals surface area contributed by atoms with Crippen LogP contribution >= 0.6 is 0 Å². The third kappa shape index (κ3) is 2.63. The summed E-state index contributed by atoms with van der Waals surface area (Å²) in [5.74, 6) is 1.45. The third-order valence-electron chi connectivity index (χ3n) is 4.60. The fraction of sp³-hybridized carbons (Fsp3) is 0.625. The molecule has 3 nitrogen and oxygen atoms in total. The summed E-state index contributed by atoms with van der Waals surface area (Å²) >= 11 is 0. The lowest BCUT2D eigenvalue weighted by molar-refractivity contribution is -0.0715. The maximum Gasteiger partial charge on any atom is 0.119 e. The Balaban J connectivity index is 1.67. The van der Waals surface area contributed by atoms with Crippen LogP contribution in [0.2, 0.25) is 0 Å². The van der Waals surface area contributed by atoms with Crippen LogP contribution in [0, 0.1) is 5.92 Å². The quantitative estimate of drug-likeness (QED) is 0.901. The van der Waals surface area contributed by atoms with Crippen LogP contribution in [0.25, 0.3) is 0 Å². The Kier molecular flexibility index (Phi) is 3.76. The molecule has 1 aromatic carbocycles. The molecule has 3 aliphatic heterocycles. The largest absolute Gasteiger partial charge is 0.494 e. The number of aliphatic hydroxyl groups excluding tert-OH is 1. The van der Waals surface area contributed by atoms with Gasteiger partial charge < -0.3 is 9.84 Å². The highest BCUT2D eigenvalue weighted by atomic mass is 16.5. The number of aliphatic hydroxyl groups is 1. The lowest BCUT2D eigenvalue weighted by atomic mass is 9.78. The van der Waals surface area contributed by atoms with Crippen molar-refractivity contribution in [1.82, 2.24) is 4.90 Å². The Bertz CT molecular complexity index is 407. The number of nitrogens with zero attached hydrogens (tertiary/aromatic N) is 1. The number of hydrogen-bond acceptors (Lipinski definition) is 3. The van der Waals surface area contributed by atoms with Gasteiger partial charge in [0.2, 0.25) is 0 Å². The molecule has 0 amide bonds. The fourth-order valence-electron chi connectivity index (χ4n) is 3.50.